The van der Waals surface area contributed by atoms with Crippen molar-refractivity contribution in [2.24, 2.45) is 4.99 Å². The molecule has 3 rings (SSSR count). The fourth-order valence-electron chi connectivity index (χ4n) is 3.05. The number of carbonyl (C=O) groups excluding carboxylic acids is 1. The first-order valence-corrected chi connectivity index (χ1v) is 8.56. The number of hydrogen-bond donors (Lipinski definition) is 1. The number of para-hydroxylation sites is 1. The van der Waals surface area contributed by atoms with Gasteiger partial charge in [-0.25, -0.2) is 0 Å². The Morgan fingerprint density at radius 3 is 2.68 bits per heavy atom. The third kappa shape index (κ3) is 3.97. The van der Waals surface area contributed by atoms with E-state index in [0.717, 1.165) is 33.8 Å². The number of ether oxygens (including phenoxy) is 1. The van der Waals surface area contributed by atoms with Crippen LogP contribution in [0.1, 0.15) is 41.7 Å². The number of nitrogens with zero attached hydrogens (tertiary/aromatic N) is 1. The number of hydrogen-bond acceptors (Lipinski definition) is 3. The van der Waals surface area contributed by atoms with E-state index in [1.165, 1.54) is 5.56 Å². The predicted octanol–water partition coefficient (Wildman–Crippen LogP) is 4.80. The molecule has 0 aromatic heterocycles. The number of amides is 1. The van der Waals surface area contributed by atoms with Crippen molar-refractivity contribution in [3.63, 3.8) is 0 Å². The molecule has 1 amide bonds. The number of benzene rings is 2. The molecule has 130 valence electrons. The van der Waals surface area contributed by atoms with Gasteiger partial charge in [0.05, 0.1) is 11.8 Å². The molecule has 1 aliphatic heterocycles. The summed E-state index contributed by atoms with van der Waals surface area (Å²) >= 11 is 0. The highest BCUT2D eigenvalue weighted by atomic mass is 16.5. The van der Waals surface area contributed by atoms with Crippen LogP contribution in [-0.2, 0) is 9.53 Å². The number of aliphatic imine (C=N–C) groups is 1. The van der Waals surface area contributed by atoms with Crippen LogP contribution >= 0.6 is 0 Å². The van der Waals surface area contributed by atoms with E-state index in [4.69, 9.17) is 4.74 Å². The Bertz CT molecular complexity index is 840. The fourth-order valence-corrected chi connectivity index (χ4v) is 3.05. The maximum atomic E-state index is 12.2. The molecule has 1 N–H and O–H groups in total. The van der Waals surface area contributed by atoms with Crippen molar-refractivity contribution in [3.05, 3.63) is 58.7 Å². The first-order chi connectivity index (χ1) is 11.9. The molecule has 1 heterocycles. The van der Waals surface area contributed by atoms with Crippen molar-refractivity contribution in [2.75, 3.05) is 11.9 Å². The van der Waals surface area contributed by atoms with Crippen molar-refractivity contribution in [1.82, 2.24) is 0 Å². The lowest BCUT2D eigenvalue weighted by atomic mass is 9.96. The van der Waals surface area contributed by atoms with E-state index in [-0.39, 0.29) is 18.6 Å². The number of nitrogens with one attached hydrogen (secondary N) is 1. The molecule has 0 saturated heterocycles. The van der Waals surface area contributed by atoms with Gasteiger partial charge in [-0.15, -0.1) is 0 Å². The molecule has 2 aromatic rings. The van der Waals surface area contributed by atoms with E-state index in [0.29, 0.717) is 6.42 Å². The second-order valence-electron chi connectivity index (χ2n) is 6.71. The minimum Gasteiger partial charge on any atom is -0.363 e. The third-order valence-corrected chi connectivity index (χ3v) is 4.61. The van der Waals surface area contributed by atoms with Gasteiger partial charge in [0.1, 0.15) is 6.61 Å². The summed E-state index contributed by atoms with van der Waals surface area (Å²) in [5.41, 5.74) is 7.36. The van der Waals surface area contributed by atoms with Gasteiger partial charge >= 0.3 is 0 Å². The van der Waals surface area contributed by atoms with Gasteiger partial charge in [0.15, 0.2) is 0 Å². The lowest BCUT2D eigenvalue weighted by molar-refractivity contribution is -0.122. The normalized spacial score (nSPS) is 16.2. The molecule has 25 heavy (non-hydrogen) atoms. The number of aryl methyl sites for hydroxylation is 3. The standard InChI is InChI=1S/C21H24N2O2/c1-13-8-9-17(10-15(13)3)23-20(24)12-25-19-11-16(4)22-21-14(2)6-5-7-18(19)21/h5-10,19H,11-12H2,1-4H3,(H,23,24). The van der Waals surface area contributed by atoms with Gasteiger partial charge in [0, 0.05) is 23.4 Å². The Hall–Kier alpha value is -2.46. The Balaban J connectivity index is 1.66. The topological polar surface area (TPSA) is 50.7 Å². The summed E-state index contributed by atoms with van der Waals surface area (Å²) < 4.78 is 5.93. The van der Waals surface area contributed by atoms with E-state index < -0.39 is 0 Å². The molecule has 0 saturated carbocycles. The Morgan fingerprint density at radius 1 is 1.12 bits per heavy atom. The van der Waals surface area contributed by atoms with Crippen LogP contribution < -0.4 is 5.32 Å². The maximum absolute atomic E-state index is 12.2. The summed E-state index contributed by atoms with van der Waals surface area (Å²) in [6.45, 7) is 8.16. The minimum atomic E-state index is -0.141. The maximum Gasteiger partial charge on any atom is 0.250 e. The summed E-state index contributed by atoms with van der Waals surface area (Å²) in [6, 6.07) is 12.0. The highest BCUT2D eigenvalue weighted by molar-refractivity contribution is 5.92. The molecule has 2 aromatic carbocycles. The van der Waals surface area contributed by atoms with E-state index in [2.05, 4.69) is 17.2 Å². The molecule has 1 aliphatic rings. The molecule has 1 unspecified atom stereocenters. The summed E-state index contributed by atoms with van der Waals surface area (Å²) in [5.74, 6) is -0.141. The lowest BCUT2D eigenvalue weighted by Crippen LogP contribution is -2.22. The molecule has 0 fully saturated rings. The van der Waals surface area contributed by atoms with E-state index in [9.17, 15) is 4.79 Å². The Kier molecular flexibility index (Phi) is 5.00. The number of rotatable bonds is 4. The third-order valence-electron chi connectivity index (χ3n) is 4.61. The molecular formula is C21H24N2O2. The SMILES string of the molecule is CC1=Nc2c(C)cccc2C(OCC(=O)Nc2ccc(C)c(C)c2)C1. The van der Waals surface area contributed by atoms with Crippen LogP contribution in [0.2, 0.25) is 0 Å². The average Bonchev–Trinajstić information content (AvgIpc) is 2.57. The lowest BCUT2D eigenvalue weighted by Gasteiger charge is -2.24. The first kappa shape index (κ1) is 17.4. The van der Waals surface area contributed by atoms with Gasteiger partial charge < -0.3 is 10.1 Å². The summed E-state index contributed by atoms with van der Waals surface area (Å²) in [7, 11) is 0. The van der Waals surface area contributed by atoms with E-state index >= 15 is 0 Å². The zero-order chi connectivity index (χ0) is 18.0. The van der Waals surface area contributed by atoms with Crippen LogP contribution in [0.4, 0.5) is 11.4 Å². The minimum absolute atomic E-state index is 0.0260. The van der Waals surface area contributed by atoms with Gasteiger partial charge in [0.25, 0.3) is 0 Å². The van der Waals surface area contributed by atoms with Crippen LogP contribution in [0.15, 0.2) is 41.4 Å². The predicted molar refractivity (Wildman–Crippen MR) is 102 cm³/mol. The highest BCUT2D eigenvalue weighted by Crippen LogP contribution is 2.37. The molecule has 0 aliphatic carbocycles. The molecule has 4 nitrogen and oxygen atoms in total. The second kappa shape index (κ2) is 7.19. The van der Waals surface area contributed by atoms with Crippen molar-refractivity contribution < 1.29 is 9.53 Å². The van der Waals surface area contributed by atoms with Crippen molar-refractivity contribution in [2.45, 2.75) is 40.2 Å². The Morgan fingerprint density at radius 2 is 1.92 bits per heavy atom. The monoisotopic (exact) mass is 336 g/mol. The van der Waals surface area contributed by atoms with E-state index in [1.54, 1.807) is 0 Å². The van der Waals surface area contributed by atoms with Crippen LogP contribution in [0, 0.1) is 20.8 Å². The fraction of sp³-hybridized carbons (Fsp3) is 0.333. The highest BCUT2D eigenvalue weighted by Gasteiger charge is 2.23. The summed E-state index contributed by atoms with van der Waals surface area (Å²) in [4.78, 5) is 16.9. The molecule has 0 bridgehead atoms. The van der Waals surface area contributed by atoms with Crippen molar-refractivity contribution in [1.29, 1.82) is 0 Å². The quantitative estimate of drug-likeness (QED) is 0.871. The van der Waals surface area contributed by atoms with Gasteiger partial charge in [0.2, 0.25) is 5.91 Å². The van der Waals surface area contributed by atoms with E-state index in [1.807, 2.05) is 57.2 Å². The first-order valence-electron chi connectivity index (χ1n) is 8.56. The zero-order valence-corrected chi connectivity index (χ0v) is 15.2. The van der Waals surface area contributed by atoms with Crippen LogP contribution in [-0.4, -0.2) is 18.2 Å². The summed E-state index contributed by atoms with van der Waals surface area (Å²) in [6.07, 6.45) is 0.589. The van der Waals surface area contributed by atoms with Gasteiger partial charge in [-0.1, -0.05) is 24.3 Å². The summed E-state index contributed by atoms with van der Waals surface area (Å²) in [5, 5.41) is 2.90. The van der Waals surface area contributed by atoms with Crippen LogP contribution in [0.5, 0.6) is 0 Å². The number of carbonyl (C=O) groups is 1. The molecule has 0 radical (unpaired) electrons. The molecule has 1 atom stereocenters. The van der Waals surface area contributed by atoms with Crippen LogP contribution in [0.25, 0.3) is 0 Å². The van der Waals surface area contributed by atoms with Gasteiger partial charge in [-0.05, 0) is 56.5 Å². The smallest absolute Gasteiger partial charge is 0.250 e. The van der Waals surface area contributed by atoms with Crippen molar-refractivity contribution in [3.8, 4) is 0 Å². The number of anilines is 1. The second-order valence-corrected chi connectivity index (χ2v) is 6.71. The van der Waals surface area contributed by atoms with Gasteiger partial charge in [-0.3, -0.25) is 9.79 Å². The van der Waals surface area contributed by atoms with Crippen molar-refractivity contribution >= 4 is 23.0 Å². The zero-order valence-electron chi connectivity index (χ0n) is 15.2. The molecule has 0 spiro atoms. The Labute approximate surface area is 148 Å². The largest absolute Gasteiger partial charge is 0.363 e. The van der Waals surface area contributed by atoms with Crippen LogP contribution in [0.3, 0.4) is 0 Å². The van der Waals surface area contributed by atoms with Gasteiger partial charge in [-0.2, -0.15) is 0 Å². The average molecular weight is 336 g/mol. The molecule has 4 heteroatoms. The molecular weight excluding hydrogens is 312 g/mol. The number of fused-ring (bicyclic) bond motifs is 1.